The number of nitrogens with one attached hydrogen (secondary N) is 1. The summed E-state index contributed by atoms with van der Waals surface area (Å²) in [6.45, 7) is 2.02. The van der Waals surface area contributed by atoms with Crippen LogP contribution in [0, 0.1) is 6.92 Å². The average Bonchev–Trinajstić information content (AvgIpc) is 3.11. The number of benzene rings is 3. The molecule has 29 heavy (non-hydrogen) atoms. The lowest BCUT2D eigenvalue weighted by atomic mass is 10.1. The van der Waals surface area contributed by atoms with Crippen LogP contribution in [0.5, 0.6) is 0 Å². The van der Waals surface area contributed by atoms with Crippen molar-refractivity contribution in [1.29, 1.82) is 0 Å². The summed E-state index contributed by atoms with van der Waals surface area (Å²) in [5.41, 5.74) is 3.25. The predicted molar refractivity (Wildman–Crippen MR) is 115 cm³/mol. The second-order valence-corrected chi connectivity index (χ2v) is 7.22. The van der Waals surface area contributed by atoms with Crippen molar-refractivity contribution in [2.75, 3.05) is 11.9 Å². The minimum absolute atomic E-state index is 0.0491. The highest BCUT2D eigenvalue weighted by molar-refractivity contribution is 6.30. The normalized spacial score (nSPS) is 10.8. The minimum atomic E-state index is -0.275. The molecule has 1 N–H and O–H groups in total. The molecule has 0 atom stereocenters. The minimum Gasteiger partial charge on any atom is -0.450 e. The lowest BCUT2D eigenvalue weighted by Crippen LogP contribution is -2.15. The molecule has 0 aliphatic carbocycles. The molecule has 3 aromatic carbocycles. The summed E-state index contributed by atoms with van der Waals surface area (Å²) < 4.78 is 5.84. The first-order valence-electron chi connectivity index (χ1n) is 9.18. The number of halogens is 1. The number of fused-ring (bicyclic) bond motifs is 1. The summed E-state index contributed by atoms with van der Waals surface area (Å²) in [7, 11) is 0. The van der Waals surface area contributed by atoms with Crippen LogP contribution in [-0.4, -0.2) is 18.1 Å². The summed E-state index contributed by atoms with van der Waals surface area (Å²) in [5, 5.41) is 4.42. The van der Waals surface area contributed by atoms with Crippen molar-refractivity contribution < 1.29 is 14.0 Å². The lowest BCUT2D eigenvalue weighted by molar-refractivity contribution is 0.0997. The van der Waals surface area contributed by atoms with E-state index in [9.17, 15) is 9.59 Å². The molecule has 0 spiro atoms. The van der Waals surface area contributed by atoms with Crippen LogP contribution in [0.2, 0.25) is 5.02 Å². The van der Waals surface area contributed by atoms with E-state index in [-0.39, 0.29) is 23.9 Å². The molecule has 0 aliphatic heterocycles. The number of para-hydroxylation sites is 1. The number of anilines is 1. The third-order valence-electron chi connectivity index (χ3n) is 4.71. The van der Waals surface area contributed by atoms with Crippen molar-refractivity contribution >= 4 is 39.8 Å². The first kappa shape index (κ1) is 19.0. The highest BCUT2D eigenvalue weighted by atomic mass is 35.5. The Morgan fingerprint density at radius 3 is 2.28 bits per heavy atom. The first-order valence-corrected chi connectivity index (χ1v) is 9.56. The van der Waals surface area contributed by atoms with Crippen LogP contribution in [0.25, 0.3) is 11.0 Å². The number of carbonyl (C=O) groups is 2. The smallest absolute Gasteiger partial charge is 0.230 e. The van der Waals surface area contributed by atoms with Gasteiger partial charge in [0.2, 0.25) is 5.78 Å². The summed E-state index contributed by atoms with van der Waals surface area (Å²) in [6, 6.07) is 21.4. The average molecular weight is 404 g/mol. The zero-order chi connectivity index (χ0) is 20.4. The van der Waals surface area contributed by atoms with E-state index in [0.29, 0.717) is 27.4 Å². The van der Waals surface area contributed by atoms with E-state index >= 15 is 0 Å². The molecule has 4 nitrogen and oxygen atoms in total. The number of carbonyl (C=O) groups excluding carboxylic acids is 2. The van der Waals surface area contributed by atoms with Crippen molar-refractivity contribution in [3.8, 4) is 0 Å². The van der Waals surface area contributed by atoms with Gasteiger partial charge in [-0.25, -0.2) is 0 Å². The SMILES string of the molecule is Cc1ccc(C(=O)CNc2c(C(=O)c3ccc(Cl)cc3)oc3ccccc23)cc1. The Balaban J connectivity index is 1.66. The van der Waals surface area contributed by atoms with Crippen molar-refractivity contribution in [3.05, 3.63) is 100 Å². The Bertz CT molecular complexity index is 1190. The molecule has 5 heteroatoms. The van der Waals surface area contributed by atoms with Crippen molar-refractivity contribution in [3.63, 3.8) is 0 Å². The third kappa shape index (κ3) is 3.93. The van der Waals surface area contributed by atoms with Gasteiger partial charge in [0.1, 0.15) is 5.58 Å². The number of rotatable bonds is 6. The number of aryl methyl sites for hydroxylation is 1. The molecular weight excluding hydrogens is 386 g/mol. The summed E-state index contributed by atoms with van der Waals surface area (Å²) in [5.74, 6) is -0.173. The number of furan rings is 1. The van der Waals surface area contributed by atoms with E-state index in [0.717, 1.165) is 10.9 Å². The second-order valence-electron chi connectivity index (χ2n) is 6.78. The Kier molecular flexibility index (Phi) is 5.19. The molecule has 1 aromatic heterocycles. The monoisotopic (exact) mass is 403 g/mol. The number of Topliss-reactive ketones (excluding diaryl/α,β-unsaturated/α-hetero) is 1. The zero-order valence-corrected chi connectivity index (χ0v) is 16.5. The van der Waals surface area contributed by atoms with Crippen LogP contribution < -0.4 is 5.32 Å². The van der Waals surface area contributed by atoms with Gasteiger partial charge in [-0.2, -0.15) is 0 Å². The molecule has 0 radical (unpaired) electrons. The van der Waals surface area contributed by atoms with Crippen LogP contribution in [0.3, 0.4) is 0 Å². The molecule has 0 saturated carbocycles. The Hall–Kier alpha value is -3.37. The fraction of sp³-hybridized carbons (Fsp3) is 0.0833. The third-order valence-corrected chi connectivity index (χ3v) is 4.96. The molecule has 0 bridgehead atoms. The summed E-state index contributed by atoms with van der Waals surface area (Å²) >= 11 is 5.93. The molecule has 4 rings (SSSR count). The summed E-state index contributed by atoms with van der Waals surface area (Å²) in [4.78, 5) is 25.6. The maximum Gasteiger partial charge on any atom is 0.230 e. The largest absolute Gasteiger partial charge is 0.450 e. The fourth-order valence-corrected chi connectivity index (χ4v) is 3.25. The Morgan fingerprint density at radius 1 is 0.897 bits per heavy atom. The van der Waals surface area contributed by atoms with E-state index < -0.39 is 0 Å². The first-order chi connectivity index (χ1) is 14.0. The topological polar surface area (TPSA) is 59.3 Å². The Labute approximate surface area is 173 Å². The van der Waals surface area contributed by atoms with Crippen molar-refractivity contribution in [1.82, 2.24) is 0 Å². The van der Waals surface area contributed by atoms with E-state index in [1.807, 2.05) is 37.3 Å². The van der Waals surface area contributed by atoms with E-state index in [1.165, 1.54) is 0 Å². The predicted octanol–water partition coefficient (Wildman–Crippen LogP) is 5.92. The van der Waals surface area contributed by atoms with Crippen LogP contribution in [-0.2, 0) is 0 Å². The van der Waals surface area contributed by atoms with Gasteiger partial charge in [0.05, 0.1) is 12.2 Å². The molecule has 4 aromatic rings. The van der Waals surface area contributed by atoms with Gasteiger partial charge >= 0.3 is 0 Å². The van der Waals surface area contributed by atoms with Gasteiger partial charge in [0.25, 0.3) is 0 Å². The van der Waals surface area contributed by atoms with Gasteiger partial charge in [-0.1, -0.05) is 53.6 Å². The summed E-state index contributed by atoms with van der Waals surface area (Å²) in [6.07, 6.45) is 0. The van der Waals surface area contributed by atoms with Gasteiger partial charge in [-0.15, -0.1) is 0 Å². The highest BCUT2D eigenvalue weighted by Gasteiger charge is 2.22. The highest BCUT2D eigenvalue weighted by Crippen LogP contribution is 2.32. The number of ketones is 2. The van der Waals surface area contributed by atoms with Crippen molar-refractivity contribution in [2.24, 2.45) is 0 Å². The number of hydrogen-bond donors (Lipinski definition) is 1. The van der Waals surface area contributed by atoms with Crippen LogP contribution in [0.4, 0.5) is 5.69 Å². The van der Waals surface area contributed by atoms with Gasteiger partial charge < -0.3 is 9.73 Å². The molecule has 0 aliphatic rings. The van der Waals surface area contributed by atoms with Crippen LogP contribution in [0.15, 0.2) is 77.2 Å². The lowest BCUT2D eigenvalue weighted by Gasteiger charge is -2.07. The maximum atomic E-state index is 13.0. The fourth-order valence-electron chi connectivity index (χ4n) is 3.12. The van der Waals surface area contributed by atoms with Gasteiger partial charge in [0, 0.05) is 21.5 Å². The Morgan fingerprint density at radius 2 is 1.55 bits per heavy atom. The molecule has 144 valence electrons. The molecule has 0 saturated heterocycles. The molecular formula is C24H18ClNO3. The van der Waals surface area contributed by atoms with Crippen LogP contribution in [0.1, 0.15) is 32.0 Å². The quantitative estimate of drug-likeness (QED) is 0.406. The second kappa shape index (κ2) is 7.94. The van der Waals surface area contributed by atoms with Crippen molar-refractivity contribution in [2.45, 2.75) is 6.92 Å². The standard InChI is InChI=1S/C24H18ClNO3/c1-15-6-8-16(9-7-15)20(27)14-26-22-19-4-2-3-5-21(19)29-24(22)23(28)17-10-12-18(25)13-11-17/h2-13,26H,14H2,1H3. The van der Waals surface area contributed by atoms with Gasteiger partial charge in [-0.3, -0.25) is 9.59 Å². The molecule has 0 unspecified atom stereocenters. The number of hydrogen-bond acceptors (Lipinski definition) is 4. The van der Waals surface area contributed by atoms with Gasteiger partial charge in [0.15, 0.2) is 11.5 Å². The molecule has 0 amide bonds. The van der Waals surface area contributed by atoms with E-state index in [2.05, 4.69) is 5.32 Å². The zero-order valence-electron chi connectivity index (χ0n) is 15.7. The molecule has 0 fully saturated rings. The molecule has 1 heterocycles. The van der Waals surface area contributed by atoms with E-state index in [1.54, 1.807) is 42.5 Å². The van der Waals surface area contributed by atoms with Crippen LogP contribution >= 0.6 is 11.6 Å². The maximum absolute atomic E-state index is 13.0. The van der Waals surface area contributed by atoms with E-state index in [4.69, 9.17) is 16.0 Å². The van der Waals surface area contributed by atoms with Gasteiger partial charge in [-0.05, 0) is 43.3 Å².